The van der Waals surface area contributed by atoms with E-state index in [0.29, 0.717) is 0 Å². The molecule has 4 aromatic rings. The van der Waals surface area contributed by atoms with Gasteiger partial charge >= 0.3 is 0 Å². The van der Waals surface area contributed by atoms with E-state index in [1.807, 2.05) is 24.3 Å². The van der Waals surface area contributed by atoms with Crippen molar-refractivity contribution in [3.63, 3.8) is 0 Å². The summed E-state index contributed by atoms with van der Waals surface area (Å²) in [6.07, 6.45) is 0. The Bertz CT molecular complexity index is 1330. The molecular formula is C36H44N2. The summed E-state index contributed by atoms with van der Waals surface area (Å²) in [6, 6.07) is 30.8. The summed E-state index contributed by atoms with van der Waals surface area (Å²) in [5.41, 5.74) is 18.0. The van der Waals surface area contributed by atoms with E-state index in [9.17, 15) is 0 Å². The maximum absolute atomic E-state index is 6.42. The molecule has 0 fully saturated rings. The van der Waals surface area contributed by atoms with Gasteiger partial charge in [0.2, 0.25) is 0 Å². The summed E-state index contributed by atoms with van der Waals surface area (Å²) in [5.74, 6) is 0. The minimum atomic E-state index is -0.00942. The Balaban J connectivity index is 2.00. The molecular weight excluding hydrogens is 460 g/mol. The molecule has 0 saturated heterocycles. The fourth-order valence-corrected chi connectivity index (χ4v) is 4.71. The molecule has 0 aliphatic carbocycles. The van der Waals surface area contributed by atoms with Crippen LogP contribution in [0.1, 0.15) is 79.0 Å². The zero-order valence-electron chi connectivity index (χ0n) is 24.7. The third-order valence-electron chi connectivity index (χ3n) is 7.35. The molecule has 0 bridgehead atoms. The molecule has 0 heterocycles. The van der Waals surface area contributed by atoms with Crippen molar-refractivity contribution in [2.24, 2.45) is 0 Å². The fourth-order valence-electron chi connectivity index (χ4n) is 4.71. The topological polar surface area (TPSA) is 38.0 Å². The highest BCUT2D eigenvalue weighted by Crippen LogP contribution is 2.44. The molecule has 0 aromatic heterocycles. The van der Waals surface area contributed by atoms with Gasteiger partial charge in [-0.15, -0.1) is 0 Å². The lowest BCUT2D eigenvalue weighted by Gasteiger charge is -2.26. The van der Waals surface area contributed by atoms with Gasteiger partial charge < -0.3 is 11.1 Å². The molecule has 2 heteroatoms. The van der Waals surface area contributed by atoms with E-state index in [2.05, 4.69) is 128 Å². The van der Waals surface area contributed by atoms with Crippen LogP contribution in [0, 0.1) is 0 Å². The number of nitrogens with two attached hydrogens (primary N) is 1. The van der Waals surface area contributed by atoms with Crippen LogP contribution >= 0.6 is 0 Å². The van der Waals surface area contributed by atoms with Crippen molar-refractivity contribution in [2.45, 2.75) is 78.6 Å². The number of hydrogen-bond acceptors (Lipinski definition) is 2. The van der Waals surface area contributed by atoms with E-state index in [0.717, 1.165) is 17.1 Å². The Morgan fingerprint density at radius 3 is 1.26 bits per heavy atom. The molecule has 0 amide bonds. The zero-order valence-corrected chi connectivity index (χ0v) is 24.7. The molecule has 0 radical (unpaired) electrons. The minimum Gasteiger partial charge on any atom is -0.397 e. The van der Waals surface area contributed by atoms with Crippen molar-refractivity contribution in [1.29, 1.82) is 0 Å². The highest BCUT2D eigenvalue weighted by Gasteiger charge is 2.22. The van der Waals surface area contributed by atoms with Crippen molar-refractivity contribution in [3.8, 4) is 22.3 Å². The molecule has 38 heavy (non-hydrogen) atoms. The van der Waals surface area contributed by atoms with E-state index in [1.54, 1.807) is 0 Å². The number of hydrogen-bond donors (Lipinski definition) is 2. The molecule has 4 aromatic carbocycles. The number of para-hydroxylation sites is 2. The number of rotatable bonds is 4. The third-order valence-corrected chi connectivity index (χ3v) is 7.35. The van der Waals surface area contributed by atoms with Crippen LogP contribution in [0.4, 0.5) is 17.1 Å². The van der Waals surface area contributed by atoms with Crippen LogP contribution in [-0.2, 0) is 16.2 Å². The smallest absolute Gasteiger partial charge is 0.0618 e. The summed E-state index contributed by atoms with van der Waals surface area (Å²) in [5, 5.41) is 3.75. The van der Waals surface area contributed by atoms with E-state index in [4.69, 9.17) is 5.73 Å². The number of anilines is 3. The van der Waals surface area contributed by atoms with Gasteiger partial charge in [0.1, 0.15) is 0 Å². The third kappa shape index (κ3) is 5.96. The molecule has 0 aliphatic heterocycles. The van der Waals surface area contributed by atoms with Gasteiger partial charge in [0, 0.05) is 11.1 Å². The lowest BCUT2D eigenvalue weighted by molar-refractivity contribution is 0.590. The molecule has 0 saturated carbocycles. The predicted molar refractivity (Wildman–Crippen MR) is 168 cm³/mol. The second kappa shape index (κ2) is 9.98. The van der Waals surface area contributed by atoms with Gasteiger partial charge in [-0.3, -0.25) is 0 Å². The molecule has 0 unspecified atom stereocenters. The summed E-state index contributed by atoms with van der Waals surface area (Å²) >= 11 is 0. The van der Waals surface area contributed by atoms with Crippen molar-refractivity contribution in [1.82, 2.24) is 0 Å². The Morgan fingerprint density at radius 1 is 0.500 bits per heavy atom. The van der Waals surface area contributed by atoms with Gasteiger partial charge in [-0.2, -0.15) is 0 Å². The predicted octanol–water partition coefficient (Wildman–Crippen LogP) is 10.2. The van der Waals surface area contributed by atoms with Crippen LogP contribution in [0.3, 0.4) is 0 Å². The van der Waals surface area contributed by atoms with Crippen molar-refractivity contribution < 1.29 is 0 Å². The number of nitrogens with one attached hydrogen (secondary N) is 1. The first kappa shape index (κ1) is 27.5. The second-order valence-corrected chi connectivity index (χ2v) is 13.6. The Labute approximate surface area is 230 Å². The van der Waals surface area contributed by atoms with Gasteiger partial charge in [0.15, 0.2) is 0 Å². The van der Waals surface area contributed by atoms with E-state index in [1.165, 1.54) is 38.9 Å². The Kier molecular flexibility index (Phi) is 7.23. The van der Waals surface area contributed by atoms with Crippen molar-refractivity contribution in [3.05, 3.63) is 102 Å². The first-order valence-corrected chi connectivity index (χ1v) is 13.7. The van der Waals surface area contributed by atoms with Gasteiger partial charge in [0.25, 0.3) is 0 Å². The first-order valence-electron chi connectivity index (χ1n) is 13.7. The number of benzene rings is 4. The van der Waals surface area contributed by atoms with E-state index < -0.39 is 0 Å². The lowest BCUT2D eigenvalue weighted by atomic mass is 9.81. The van der Waals surface area contributed by atoms with Gasteiger partial charge in [-0.05, 0) is 68.3 Å². The molecule has 0 aliphatic rings. The summed E-state index contributed by atoms with van der Waals surface area (Å²) < 4.78 is 0. The second-order valence-electron chi connectivity index (χ2n) is 13.6. The van der Waals surface area contributed by atoms with Crippen LogP contribution in [0.5, 0.6) is 0 Å². The van der Waals surface area contributed by atoms with Crippen LogP contribution in [0.25, 0.3) is 22.3 Å². The highest BCUT2D eigenvalue weighted by atomic mass is 14.9. The van der Waals surface area contributed by atoms with Crippen LogP contribution < -0.4 is 11.1 Å². The lowest BCUT2D eigenvalue weighted by Crippen LogP contribution is -2.13. The van der Waals surface area contributed by atoms with Gasteiger partial charge in [-0.25, -0.2) is 0 Å². The molecule has 0 spiro atoms. The van der Waals surface area contributed by atoms with Crippen LogP contribution in [0.2, 0.25) is 0 Å². The van der Waals surface area contributed by atoms with E-state index in [-0.39, 0.29) is 16.2 Å². The van der Waals surface area contributed by atoms with Crippen LogP contribution in [0.15, 0.2) is 84.9 Å². The fraction of sp³-hybridized carbons (Fsp3) is 0.333. The molecule has 0 atom stereocenters. The highest BCUT2D eigenvalue weighted by molar-refractivity contribution is 5.95. The Morgan fingerprint density at radius 2 is 0.895 bits per heavy atom. The molecule has 3 N–H and O–H groups in total. The quantitative estimate of drug-likeness (QED) is 0.271. The summed E-state index contributed by atoms with van der Waals surface area (Å²) in [6.45, 7) is 20.4. The minimum absolute atomic E-state index is 0.00942. The van der Waals surface area contributed by atoms with Crippen molar-refractivity contribution in [2.75, 3.05) is 11.1 Å². The first-order chi connectivity index (χ1) is 17.6. The SMILES string of the molecule is CC(C)(C)c1ccc(-c2cc(C(C)(C)C)cc(-c3ccc(C(C)(C)C)cc3)c2Nc2ccccc2N)cc1. The average molecular weight is 505 g/mol. The standard InChI is InChI=1S/C36H44N2/c1-34(2,3)26-18-14-24(15-19-26)29-22-28(36(7,8)9)23-30(25-16-20-27(21-17-25)35(4,5)6)33(29)38-32-13-11-10-12-31(32)37/h10-23,38H,37H2,1-9H3. The monoisotopic (exact) mass is 504 g/mol. The summed E-state index contributed by atoms with van der Waals surface area (Å²) in [4.78, 5) is 0. The van der Waals surface area contributed by atoms with E-state index >= 15 is 0 Å². The Hall–Kier alpha value is -3.52. The van der Waals surface area contributed by atoms with Crippen molar-refractivity contribution >= 4 is 17.1 Å². The average Bonchev–Trinajstić information content (AvgIpc) is 2.84. The maximum Gasteiger partial charge on any atom is 0.0618 e. The zero-order chi connectivity index (χ0) is 27.9. The molecule has 2 nitrogen and oxygen atoms in total. The summed E-state index contributed by atoms with van der Waals surface area (Å²) in [7, 11) is 0. The maximum atomic E-state index is 6.42. The largest absolute Gasteiger partial charge is 0.397 e. The molecule has 198 valence electrons. The number of nitrogen functional groups attached to an aromatic ring is 1. The normalized spacial score (nSPS) is 12.4. The molecule has 4 rings (SSSR count). The van der Waals surface area contributed by atoms with Gasteiger partial charge in [0.05, 0.1) is 17.1 Å². The van der Waals surface area contributed by atoms with Crippen LogP contribution in [-0.4, -0.2) is 0 Å². The van der Waals surface area contributed by atoms with Gasteiger partial charge in [-0.1, -0.05) is 123 Å².